The van der Waals surface area contributed by atoms with E-state index >= 15 is 0 Å². The first-order valence-corrected chi connectivity index (χ1v) is 7.07. The monoisotopic (exact) mass is 302 g/mol. The largest absolute Gasteiger partial charge is 0.462 e. The summed E-state index contributed by atoms with van der Waals surface area (Å²) >= 11 is -0.279. The van der Waals surface area contributed by atoms with Gasteiger partial charge in [0.2, 0.25) is 6.17 Å². The number of alkyl halides is 3. The van der Waals surface area contributed by atoms with Crippen LogP contribution in [0.3, 0.4) is 0 Å². The molecule has 1 atom stereocenters. The Morgan fingerprint density at radius 2 is 1.89 bits per heavy atom. The van der Waals surface area contributed by atoms with Gasteiger partial charge < -0.3 is 8.92 Å². The van der Waals surface area contributed by atoms with Crippen molar-refractivity contribution < 1.29 is 26.9 Å². The van der Waals surface area contributed by atoms with Gasteiger partial charge in [-0.05, 0) is 6.42 Å². The third-order valence-corrected chi connectivity index (χ3v) is 3.08. The molecule has 0 amide bonds. The van der Waals surface area contributed by atoms with Crippen LogP contribution in [0.4, 0.5) is 13.2 Å². The van der Waals surface area contributed by atoms with Gasteiger partial charge >= 0.3 is 11.2 Å². The fraction of sp³-hybridized carbons (Fsp3) is 0.917. The first kappa shape index (κ1) is 18.6. The molecule has 0 radical (unpaired) electrons. The molecule has 0 fully saturated rings. The third-order valence-electron chi connectivity index (χ3n) is 2.43. The zero-order chi connectivity index (χ0) is 14.7. The van der Waals surface area contributed by atoms with E-state index in [-0.39, 0.29) is 18.5 Å². The van der Waals surface area contributed by atoms with Crippen molar-refractivity contribution in [1.29, 1.82) is 0 Å². The van der Waals surface area contributed by atoms with Crippen molar-refractivity contribution in [3.05, 3.63) is 0 Å². The Kier molecular flexibility index (Phi) is 10.1. The second-order valence-electron chi connectivity index (χ2n) is 4.13. The number of carbonyl (C=O) groups excluding carboxylic acids is 1. The first-order valence-electron chi connectivity index (χ1n) is 6.33. The number of ether oxygens (including phenoxy) is 1. The van der Waals surface area contributed by atoms with Crippen molar-refractivity contribution >= 4 is 18.0 Å². The molecule has 0 aliphatic carbocycles. The molecular formula is C12H21F3O3S. The zero-order valence-electron chi connectivity index (χ0n) is 11.3. The normalized spacial score (nSPS) is 13.3. The number of hydrogen-bond acceptors (Lipinski definition) is 4. The van der Waals surface area contributed by atoms with Crippen molar-refractivity contribution in [1.82, 2.24) is 0 Å². The molecule has 0 aromatic carbocycles. The molecule has 0 aliphatic heterocycles. The molecular weight excluding hydrogens is 281 g/mol. The summed E-state index contributed by atoms with van der Waals surface area (Å²) in [4.78, 5) is 11.2. The van der Waals surface area contributed by atoms with E-state index in [1.165, 1.54) is 0 Å². The maximum atomic E-state index is 13.1. The Bertz CT molecular complexity index is 252. The van der Waals surface area contributed by atoms with Gasteiger partial charge in [0.25, 0.3) is 0 Å². The van der Waals surface area contributed by atoms with E-state index in [0.717, 1.165) is 32.8 Å². The highest BCUT2D eigenvalue weighted by Crippen LogP contribution is 2.34. The molecule has 0 bridgehead atoms. The summed E-state index contributed by atoms with van der Waals surface area (Å²) in [6.45, 7) is 1.13. The lowest BCUT2D eigenvalue weighted by atomic mass is 10.1. The number of halogens is 3. The SMILES string of the molecule is CCCCCCCC(=O)OCC(F)C(F)(F)SOC. The van der Waals surface area contributed by atoms with Crippen molar-refractivity contribution in [2.45, 2.75) is 56.9 Å². The van der Waals surface area contributed by atoms with E-state index in [2.05, 4.69) is 15.8 Å². The molecule has 3 nitrogen and oxygen atoms in total. The summed E-state index contributed by atoms with van der Waals surface area (Å²) in [5.74, 6) is -0.641. The van der Waals surface area contributed by atoms with Crippen LogP contribution in [0.15, 0.2) is 0 Å². The van der Waals surface area contributed by atoms with Crippen LogP contribution in [0.2, 0.25) is 0 Å². The van der Waals surface area contributed by atoms with Gasteiger partial charge in [-0.3, -0.25) is 4.79 Å². The van der Waals surface area contributed by atoms with E-state index in [1.807, 2.05) is 0 Å². The molecule has 0 rings (SSSR count). The molecule has 0 heterocycles. The van der Waals surface area contributed by atoms with Crippen molar-refractivity contribution in [3.8, 4) is 0 Å². The Labute approximate surface area is 116 Å². The second kappa shape index (κ2) is 10.4. The van der Waals surface area contributed by atoms with Crippen molar-refractivity contribution in [3.63, 3.8) is 0 Å². The summed E-state index contributed by atoms with van der Waals surface area (Å²) in [7, 11) is 1.02. The van der Waals surface area contributed by atoms with Gasteiger partial charge in [0.05, 0.1) is 19.2 Å². The number of rotatable bonds is 11. The van der Waals surface area contributed by atoms with Crippen LogP contribution in [0.1, 0.15) is 45.4 Å². The number of unbranched alkanes of at least 4 members (excludes halogenated alkanes) is 4. The fourth-order valence-electron chi connectivity index (χ4n) is 1.37. The number of carbonyl (C=O) groups is 1. The predicted molar refractivity (Wildman–Crippen MR) is 68.8 cm³/mol. The van der Waals surface area contributed by atoms with Gasteiger partial charge in [-0.1, -0.05) is 32.6 Å². The summed E-state index contributed by atoms with van der Waals surface area (Å²) < 4.78 is 47.6. The van der Waals surface area contributed by atoms with Crippen LogP contribution >= 0.6 is 12.0 Å². The molecule has 0 N–H and O–H groups in total. The second-order valence-corrected chi connectivity index (χ2v) is 5.17. The molecule has 19 heavy (non-hydrogen) atoms. The highest BCUT2D eigenvalue weighted by Gasteiger charge is 2.42. The summed E-state index contributed by atoms with van der Waals surface area (Å²) in [6.07, 6.45) is 2.32. The maximum Gasteiger partial charge on any atom is 0.351 e. The summed E-state index contributed by atoms with van der Waals surface area (Å²) in [6, 6.07) is 0. The standard InChI is InChI=1S/C12H21F3O3S/c1-3-4-5-6-7-8-11(16)18-9-10(13)12(14,15)19-17-2/h10H,3-9H2,1-2H3. The van der Waals surface area contributed by atoms with Gasteiger partial charge in [0, 0.05) is 6.42 Å². The minimum absolute atomic E-state index is 0.138. The van der Waals surface area contributed by atoms with Crippen LogP contribution < -0.4 is 0 Å². The molecule has 0 aromatic heterocycles. The van der Waals surface area contributed by atoms with Crippen molar-refractivity contribution in [2.24, 2.45) is 0 Å². The molecule has 1 unspecified atom stereocenters. The number of hydrogen-bond donors (Lipinski definition) is 0. The van der Waals surface area contributed by atoms with Gasteiger partial charge in [0.1, 0.15) is 6.61 Å². The van der Waals surface area contributed by atoms with E-state index in [4.69, 9.17) is 0 Å². The number of esters is 1. The van der Waals surface area contributed by atoms with Gasteiger partial charge in [-0.25, -0.2) is 4.39 Å². The van der Waals surface area contributed by atoms with Crippen LogP contribution in [0, 0.1) is 0 Å². The van der Waals surface area contributed by atoms with Gasteiger partial charge in [-0.15, -0.1) is 0 Å². The zero-order valence-corrected chi connectivity index (χ0v) is 12.1. The Morgan fingerprint density at radius 1 is 1.26 bits per heavy atom. The summed E-state index contributed by atoms with van der Waals surface area (Å²) in [5, 5.41) is -3.71. The Balaban J connectivity index is 3.72. The molecule has 0 saturated carbocycles. The van der Waals surface area contributed by atoms with E-state index in [1.54, 1.807) is 0 Å². The first-order chi connectivity index (χ1) is 8.94. The van der Waals surface area contributed by atoms with Crippen LogP contribution in [0.5, 0.6) is 0 Å². The van der Waals surface area contributed by atoms with Crippen molar-refractivity contribution in [2.75, 3.05) is 13.7 Å². The Morgan fingerprint density at radius 3 is 2.47 bits per heavy atom. The molecule has 0 spiro atoms. The third kappa shape index (κ3) is 9.15. The summed E-state index contributed by atoms with van der Waals surface area (Å²) in [5.41, 5.74) is 0. The van der Waals surface area contributed by atoms with Crippen LogP contribution in [-0.4, -0.2) is 31.1 Å². The highest BCUT2D eigenvalue weighted by atomic mass is 32.2. The minimum Gasteiger partial charge on any atom is -0.462 e. The smallest absolute Gasteiger partial charge is 0.351 e. The Hall–Kier alpha value is -0.430. The van der Waals surface area contributed by atoms with E-state index in [0.29, 0.717) is 6.42 Å². The lowest BCUT2D eigenvalue weighted by molar-refractivity contribution is -0.148. The van der Waals surface area contributed by atoms with Crippen LogP contribution in [0.25, 0.3) is 0 Å². The lowest BCUT2D eigenvalue weighted by Gasteiger charge is -2.18. The molecule has 0 saturated heterocycles. The predicted octanol–water partition coefficient (Wildman–Crippen LogP) is 4.12. The molecule has 114 valence electrons. The lowest BCUT2D eigenvalue weighted by Crippen LogP contribution is -2.31. The van der Waals surface area contributed by atoms with Crippen LogP contribution in [-0.2, 0) is 13.7 Å². The fourth-order valence-corrected chi connectivity index (χ4v) is 1.77. The van der Waals surface area contributed by atoms with E-state index in [9.17, 15) is 18.0 Å². The molecule has 0 aliphatic rings. The van der Waals surface area contributed by atoms with Gasteiger partial charge in [0.15, 0.2) is 0 Å². The quantitative estimate of drug-likeness (QED) is 0.327. The topological polar surface area (TPSA) is 35.5 Å². The molecule has 0 aromatic rings. The van der Waals surface area contributed by atoms with E-state index < -0.39 is 24.0 Å². The average molecular weight is 302 g/mol. The minimum atomic E-state index is -3.71. The van der Waals surface area contributed by atoms with Gasteiger partial charge in [-0.2, -0.15) is 8.78 Å². The maximum absolute atomic E-state index is 13.1. The average Bonchev–Trinajstić information content (AvgIpc) is 2.35. The molecule has 7 heteroatoms. The highest BCUT2D eigenvalue weighted by molar-refractivity contribution is 7.95.